The lowest BCUT2D eigenvalue weighted by atomic mass is 10.2. The zero-order valence-electron chi connectivity index (χ0n) is 11.8. The molecule has 0 aliphatic heterocycles. The van der Waals surface area contributed by atoms with Crippen molar-refractivity contribution in [2.75, 3.05) is 7.05 Å². The largest absolute Gasteiger partial charge is 0.756 e. The standard InChI is InChI=1S/C16H17N2O2/c1-12-4-5-13(2)18(12)15-9-6-14(7-10-15)8-11-16(19)17(3)20/h4-11H,1-3H3/q-1/b11-8+. The summed E-state index contributed by atoms with van der Waals surface area (Å²) in [7, 11) is 1.19. The number of carbonyl (C=O) groups is 1. The third kappa shape index (κ3) is 2.97. The third-order valence-corrected chi connectivity index (χ3v) is 3.15. The maximum Gasteiger partial charge on any atom is 0.235 e. The number of rotatable bonds is 3. The summed E-state index contributed by atoms with van der Waals surface area (Å²) in [6.07, 6.45) is 2.91. The Kier molecular flexibility index (Phi) is 4.05. The highest BCUT2D eigenvalue weighted by Gasteiger charge is 2.03. The number of benzene rings is 1. The highest BCUT2D eigenvalue weighted by Crippen LogP contribution is 2.17. The second-order valence-corrected chi connectivity index (χ2v) is 4.71. The maximum absolute atomic E-state index is 11.2. The van der Waals surface area contributed by atoms with Crippen LogP contribution >= 0.6 is 0 Å². The molecule has 0 saturated carbocycles. The van der Waals surface area contributed by atoms with Crippen molar-refractivity contribution in [3.8, 4) is 5.69 Å². The predicted molar refractivity (Wildman–Crippen MR) is 80.4 cm³/mol. The van der Waals surface area contributed by atoms with E-state index in [2.05, 4.69) is 30.5 Å². The molecule has 1 heterocycles. The lowest BCUT2D eigenvalue weighted by Crippen LogP contribution is -2.16. The second kappa shape index (κ2) is 5.75. The second-order valence-electron chi connectivity index (χ2n) is 4.71. The van der Waals surface area contributed by atoms with E-state index < -0.39 is 5.91 Å². The molecule has 0 N–H and O–H groups in total. The van der Waals surface area contributed by atoms with Crippen LogP contribution in [-0.4, -0.2) is 22.6 Å². The zero-order valence-corrected chi connectivity index (χ0v) is 11.8. The molecule has 0 saturated heterocycles. The van der Waals surface area contributed by atoms with E-state index in [4.69, 9.17) is 0 Å². The van der Waals surface area contributed by atoms with Gasteiger partial charge in [-0.25, -0.2) is 0 Å². The summed E-state index contributed by atoms with van der Waals surface area (Å²) in [5, 5.41) is 11.1. The molecule has 0 fully saturated rings. The Hall–Kier alpha value is -2.33. The molecule has 1 aromatic carbocycles. The Balaban J connectivity index is 2.21. The Morgan fingerprint density at radius 1 is 1.10 bits per heavy atom. The summed E-state index contributed by atoms with van der Waals surface area (Å²) in [6.45, 7) is 4.12. The monoisotopic (exact) mass is 269 g/mol. The summed E-state index contributed by atoms with van der Waals surface area (Å²) in [6, 6.07) is 12.0. The van der Waals surface area contributed by atoms with Crippen molar-refractivity contribution in [3.05, 3.63) is 64.6 Å². The van der Waals surface area contributed by atoms with Gasteiger partial charge in [0, 0.05) is 23.2 Å². The minimum Gasteiger partial charge on any atom is -0.756 e. The highest BCUT2D eigenvalue weighted by molar-refractivity contribution is 5.91. The van der Waals surface area contributed by atoms with Crippen LogP contribution < -0.4 is 0 Å². The SMILES string of the molecule is Cc1ccc(C)n1-c1ccc(/C=C/C(=O)N(C)[O-])cc1. The fraction of sp³-hybridized carbons (Fsp3) is 0.188. The van der Waals surface area contributed by atoms with Crippen LogP contribution in [0.3, 0.4) is 0 Å². The fourth-order valence-electron chi connectivity index (χ4n) is 2.08. The number of likely N-dealkylation sites (N-methyl/N-ethyl adjacent to an activating group) is 1. The average Bonchev–Trinajstić information content (AvgIpc) is 2.76. The van der Waals surface area contributed by atoms with E-state index in [1.165, 1.54) is 24.5 Å². The summed E-state index contributed by atoms with van der Waals surface area (Å²) < 4.78 is 2.16. The van der Waals surface area contributed by atoms with Gasteiger partial charge in [-0.3, -0.25) is 4.79 Å². The van der Waals surface area contributed by atoms with E-state index in [-0.39, 0.29) is 0 Å². The van der Waals surface area contributed by atoms with Gasteiger partial charge in [-0.05, 0) is 56.8 Å². The first-order valence-electron chi connectivity index (χ1n) is 6.37. The molecule has 0 bridgehead atoms. The lowest BCUT2D eigenvalue weighted by molar-refractivity contribution is -0.122. The van der Waals surface area contributed by atoms with Crippen LogP contribution in [0.1, 0.15) is 17.0 Å². The molecule has 0 aliphatic rings. The van der Waals surface area contributed by atoms with E-state index in [0.29, 0.717) is 5.06 Å². The van der Waals surface area contributed by atoms with Gasteiger partial charge in [-0.2, -0.15) is 0 Å². The van der Waals surface area contributed by atoms with Gasteiger partial charge in [-0.1, -0.05) is 12.1 Å². The number of nitrogens with zero attached hydrogens (tertiary/aromatic N) is 2. The van der Waals surface area contributed by atoms with Gasteiger partial charge in [0.2, 0.25) is 5.91 Å². The van der Waals surface area contributed by atoms with Crippen molar-refractivity contribution in [2.24, 2.45) is 0 Å². The molecule has 0 radical (unpaired) electrons. The van der Waals surface area contributed by atoms with Crippen LogP contribution in [0.4, 0.5) is 0 Å². The molecule has 1 amide bonds. The number of hydrogen-bond donors (Lipinski definition) is 0. The van der Waals surface area contributed by atoms with Crippen molar-refractivity contribution >= 4 is 12.0 Å². The van der Waals surface area contributed by atoms with Crippen molar-refractivity contribution in [3.63, 3.8) is 0 Å². The van der Waals surface area contributed by atoms with Crippen LogP contribution in [0.25, 0.3) is 11.8 Å². The Morgan fingerprint density at radius 3 is 2.15 bits per heavy atom. The Morgan fingerprint density at radius 2 is 1.65 bits per heavy atom. The van der Waals surface area contributed by atoms with Gasteiger partial charge in [-0.15, -0.1) is 0 Å². The molecule has 0 atom stereocenters. The first kappa shape index (κ1) is 14.1. The van der Waals surface area contributed by atoms with Crippen molar-refractivity contribution in [1.82, 2.24) is 9.63 Å². The molecule has 4 heteroatoms. The Bertz CT molecular complexity index is 617. The molecular formula is C16H17N2O2-. The first-order chi connectivity index (χ1) is 9.49. The highest BCUT2D eigenvalue weighted by atomic mass is 16.5. The van der Waals surface area contributed by atoms with Gasteiger partial charge < -0.3 is 14.8 Å². The molecule has 2 rings (SSSR count). The van der Waals surface area contributed by atoms with Crippen LogP contribution in [0.2, 0.25) is 0 Å². The minimum absolute atomic E-state index is 0.303. The summed E-state index contributed by atoms with van der Waals surface area (Å²) >= 11 is 0. The minimum atomic E-state index is -0.564. The number of hydrogen-bond acceptors (Lipinski definition) is 2. The molecule has 0 aliphatic carbocycles. The summed E-state index contributed by atoms with van der Waals surface area (Å²) in [5.41, 5.74) is 4.31. The van der Waals surface area contributed by atoms with E-state index >= 15 is 0 Å². The topological polar surface area (TPSA) is 48.3 Å². The van der Waals surface area contributed by atoms with Gasteiger partial charge in [0.25, 0.3) is 0 Å². The average molecular weight is 269 g/mol. The van der Waals surface area contributed by atoms with Crippen LogP contribution in [-0.2, 0) is 4.79 Å². The van der Waals surface area contributed by atoms with Crippen LogP contribution in [0.5, 0.6) is 0 Å². The van der Waals surface area contributed by atoms with Crippen molar-refractivity contribution in [2.45, 2.75) is 13.8 Å². The quantitative estimate of drug-likeness (QED) is 0.635. The van der Waals surface area contributed by atoms with E-state index in [9.17, 15) is 10.0 Å². The molecule has 0 spiro atoms. The van der Waals surface area contributed by atoms with E-state index in [1.54, 1.807) is 6.08 Å². The number of carbonyl (C=O) groups excluding carboxylic acids is 1. The van der Waals surface area contributed by atoms with E-state index in [0.717, 1.165) is 11.3 Å². The van der Waals surface area contributed by atoms with Gasteiger partial charge in [0.15, 0.2) is 0 Å². The lowest BCUT2D eigenvalue weighted by Gasteiger charge is -2.19. The molecule has 20 heavy (non-hydrogen) atoms. The van der Waals surface area contributed by atoms with Gasteiger partial charge >= 0.3 is 0 Å². The molecule has 0 unspecified atom stereocenters. The molecule has 1 aromatic heterocycles. The van der Waals surface area contributed by atoms with Crippen LogP contribution in [0, 0.1) is 19.1 Å². The van der Waals surface area contributed by atoms with E-state index in [1.807, 2.05) is 24.3 Å². The molecule has 104 valence electrons. The fourth-order valence-corrected chi connectivity index (χ4v) is 2.08. The number of aryl methyl sites for hydroxylation is 2. The number of aromatic nitrogens is 1. The summed E-state index contributed by atoms with van der Waals surface area (Å²) in [4.78, 5) is 11.2. The molecule has 4 nitrogen and oxygen atoms in total. The Labute approximate surface area is 118 Å². The molecular weight excluding hydrogens is 252 g/mol. The zero-order chi connectivity index (χ0) is 14.7. The van der Waals surface area contributed by atoms with Gasteiger partial charge in [0.05, 0.1) is 0 Å². The molecule has 2 aromatic rings. The number of amides is 1. The first-order valence-corrected chi connectivity index (χ1v) is 6.37. The van der Waals surface area contributed by atoms with Crippen LogP contribution in [0.15, 0.2) is 42.5 Å². The maximum atomic E-state index is 11.2. The van der Waals surface area contributed by atoms with Gasteiger partial charge in [0.1, 0.15) is 0 Å². The smallest absolute Gasteiger partial charge is 0.235 e. The normalized spacial score (nSPS) is 11.0. The van der Waals surface area contributed by atoms with Crippen molar-refractivity contribution in [1.29, 1.82) is 0 Å². The predicted octanol–water partition coefficient (Wildman–Crippen LogP) is 3.06. The van der Waals surface area contributed by atoms with Crippen molar-refractivity contribution < 1.29 is 4.79 Å². The summed E-state index contributed by atoms with van der Waals surface area (Å²) in [5.74, 6) is -0.564. The third-order valence-electron chi connectivity index (χ3n) is 3.15. The number of hydroxylamine groups is 2.